The molecular weight excluding hydrogens is 232 g/mol. The van der Waals surface area contributed by atoms with Crippen molar-refractivity contribution in [2.75, 3.05) is 20.2 Å². The first-order chi connectivity index (χ1) is 8.60. The SMILES string of the molecule is COc1ccc(O)c(C(=O)NCC2(CN)CC2)c1. The van der Waals surface area contributed by atoms with E-state index < -0.39 is 0 Å². The molecule has 1 aliphatic carbocycles. The van der Waals surface area contributed by atoms with E-state index in [1.54, 1.807) is 6.07 Å². The molecule has 1 saturated carbocycles. The largest absolute Gasteiger partial charge is 0.507 e. The molecule has 0 atom stereocenters. The van der Waals surface area contributed by atoms with Crippen molar-refractivity contribution in [3.8, 4) is 11.5 Å². The highest BCUT2D eigenvalue weighted by Crippen LogP contribution is 2.43. The molecule has 1 fully saturated rings. The Hall–Kier alpha value is -1.75. The topological polar surface area (TPSA) is 84.6 Å². The number of nitrogens with two attached hydrogens (primary N) is 1. The lowest BCUT2D eigenvalue weighted by Gasteiger charge is -2.14. The second-order valence-corrected chi connectivity index (χ2v) is 4.77. The van der Waals surface area contributed by atoms with E-state index in [1.807, 2.05) is 0 Å². The molecule has 0 spiro atoms. The van der Waals surface area contributed by atoms with Crippen LogP contribution in [0.2, 0.25) is 0 Å². The number of ether oxygens (including phenoxy) is 1. The van der Waals surface area contributed by atoms with Gasteiger partial charge in [-0.3, -0.25) is 4.79 Å². The minimum absolute atomic E-state index is 0.0501. The number of phenols is 1. The maximum atomic E-state index is 12.0. The van der Waals surface area contributed by atoms with Gasteiger partial charge in [0.15, 0.2) is 0 Å². The van der Waals surface area contributed by atoms with E-state index in [0.717, 1.165) is 12.8 Å². The van der Waals surface area contributed by atoms with E-state index >= 15 is 0 Å². The monoisotopic (exact) mass is 250 g/mol. The van der Waals surface area contributed by atoms with Crippen molar-refractivity contribution in [3.05, 3.63) is 23.8 Å². The first-order valence-electron chi connectivity index (χ1n) is 5.95. The van der Waals surface area contributed by atoms with Gasteiger partial charge in [0.1, 0.15) is 11.5 Å². The van der Waals surface area contributed by atoms with Crippen molar-refractivity contribution < 1.29 is 14.6 Å². The zero-order chi connectivity index (χ0) is 13.2. The highest BCUT2D eigenvalue weighted by atomic mass is 16.5. The van der Waals surface area contributed by atoms with Gasteiger partial charge in [0.2, 0.25) is 0 Å². The molecule has 0 aliphatic heterocycles. The number of hydrogen-bond acceptors (Lipinski definition) is 4. The molecular formula is C13H18N2O3. The zero-order valence-electron chi connectivity index (χ0n) is 10.4. The van der Waals surface area contributed by atoms with Crippen molar-refractivity contribution in [2.45, 2.75) is 12.8 Å². The number of carbonyl (C=O) groups excluding carboxylic acids is 1. The van der Waals surface area contributed by atoms with Crippen molar-refractivity contribution in [3.63, 3.8) is 0 Å². The van der Waals surface area contributed by atoms with Crippen LogP contribution in [0.1, 0.15) is 23.2 Å². The zero-order valence-corrected chi connectivity index (χ0v) is 10.4. The summed E-state index contributed by atoms with van der Waals surface area (Å²) in [5.74, 6) is 0.190. The summed E-state index contributed by atoms with van der Waals surface area (Å²) in [4.78, 5) is 12.0. The molecule has 0 aromatic heterocycles. The number of rotatable bonds is 5. The lowest BCUT2D eigenvalue weighted by atomic mass is 10.1. The van der Waals surface area contributed by atoms with Crippen molar-refractivity contribution in [1.29, 1.82) is 0 Å². The fourth-order valence-corrected chi connectivity index (χ4v) is 1.82. The van der Waals surface area contributed by atoms with E-state index in [-0.39, 0.29) is 22.6 Å². The molecule has 4 N–H and O–H groups in total. The molecule has 98 valence electrons. The van der Waals surface area contributed by atoms with Crippen molar-refractivity contribution >= 4 is 5.91 Å². The lowest BCUT2D eigenvalue weighted by molar-refractivity contribution is 0.0942. The third kappa shape index (κ3) is 2.56. The Labute approximate surface area is 106 Å². The van der Waals surface area contributed by atoms with Crippen LogP contribution in [-0.4, -0.2) is 31.2 Å². The number of amides is 1. The van der Waals surface area contributed by atoms with E-state index in [9.17, 15) is 9.90 Å². The maximum absolute atomic E-state index is 12.0. The lowest BCUT2D eigenvalue weighted by Crippen LogP contribution is -2.33. The summed E-state index contributed by atoms with van der Waals surface area (Å²) >= 11 is 0. The van der Waals surface area contributed by atoms with Gasteiger partial charge in [0.25, 0.3) is 5.91 Å². The Morgan fingerprint density at radius 1 is 1.56 bits per heavy atom. The van der Waals surface area contributed by atoms with E-state index in [4.69, 9.17) is 10.5 Å². The molecule has 1 aromatic carbocycles. The molecule has 0 unspecified atom stereocenters. The third-order valence-electron chi connectivity index (χ3n) is 3.46. The van der Waals surface area contributed by atoms with Gasteiger partial charge >= 0.3 is 0 Å². The van der Waals surface area contributed by atoms with Crippen LogP contribution < -0.4 is 15.8 Å². The third-order valence-corrected chi connectivity index (χ3v) is 3.46. The summed E-state index contributed by atoms with van der Waals surface area (Å²) in [6, 6.07) is 4.57. The molecule has 1 amide bonds. The fourth-order valence-electron chi connectivity index (χ4n) is 1.82. The molecule has 0 radical (unpaired) electrons. The smallest absolute Gasteiger partial charge is 0.255 e. The second-order valence-electron chi connectivity index (χ2n) is 4.77. The number of benzene rings is 1. The Morgan fingerprint density at radius 3 is 2.83 bits per heavy atom. The van der Waals surface area contributed by atoms with Crippen LogP contribution >= 0.6 is 0 Å². The first kappa shape index (κ1) is 12.7. The number of methoxy groups -OCH3 is 1. The molecule has 1 aliphatic rings. The standard InChI is InChI=1S/C13H18N2O3/c1-18-9-2-3-11(16)10(6-9)12(17)15-8-13(7-14)4-5-13/h2-3,6,16H,4-5,7-8,14H2,1H3,(H,15,17). The van der Waals surface area contributed by atoms with E-state index in [2.05, 4.69) is 5.32 Å². The molecule has 5 heteroatoms. The summed E-state index contributed by atoms with van der Waals surface area (Å²) < 4.78 is 5.03. The number of carbonyl (C=O) groups is 1. The normalized spacial score (nSPS) is 16.1. The Balaban J connectivity index is 2.04. The Kier molecular flexibility index (Phi) is 3.43. The average Bonchev–Trinajstić information content (AvgIpc) is 3.17. The number of hydrogen-bond donors (Lipinski definition) is 3. The summed E-state index contributed by atoms with van der Waals surface area (Å²) in [5.41, 5.74) is 5.95. The summed E-state index contributed by atoms with van der Waals surface area (Å²) in [5, 5.41) is 12.5. The number of nitrogens with one attached hydrogen (secondary N) is 1. The number of phenolic OH excluding ortho intramolecular Hbond substituents is 1. The summed E-state index contributed by atoms with van der Waals surface area (Å²) in [6.45, 7) is 1.14. The summed E-state index contributed by atoms with van der Waals surface area (Å²) in [7, 11) is 1.52. The number of aromatic hydroxyl groups is 1. The molecule has 2 rings (SSSR count). The van der Waals surface area contributed by atoms with Crippen LogP contribution in [0.4, 0.5) is 0 Å². The van der Waals surface area contributed by atoms with Crippen LogP contribution in [0.5, 0.6) is 11.5 Å². The van der Waals surface area contributed by atoms with Crippen LogP contribution in [0.25, 0.3) is 0 Å². The van der Waals surface area contributed by atoms with Gasteiger partial charge in [-0.05, 0) is 37.6 Å². The highest BCUT2D eigenvalue weighted by Gasteiger charge is 2.41. The Bertz CT molecular complexity index is 456. The van der Waals surface area contributed by atoms with E-state index in [0.29, 0.717) is 18.8 Å². The van der Waals surface area contributed by atoms with Gasteiger partial charge in [0.05, 0.1) is 12.7 Å². The minimum atomic E-state index is -0.300. The highest BCUT2D eigenvalue weighted by molar-refractivity contribution is 5.97. The first-order valence-corrected chi connectivity index (χ1v) is 5.95. The van der Waals surface area contributed by atoms with Crippen molar-refractivity contribution in [2.24, 2.45) is 11.1 Å². The van der Waals surface area contributed by atoms with Gasteiger partial charge in [-0.1, -0.05) is 0 Å². The molecule has 5 nitrogen and oxygen atoms in total. The van der Waals surface area contributed by atoms with Crippen LogP contribution in [0.3, 0.4) is 0 Å². The minimum Gasteiger partial charge on any atom is -0.507 e. The van der Waals surface area contributed by atoms with Gasteiger partial charge in [-0.2, -0.15) is 0 Å². The van der Waals surface area contributed by atoms with Gasteiger partial charge in [0, 0.05) is 12.0 Å². The fraction of sp³-hybridized carbons (Fsp3) is 0.462. The van der Waals surface area contributed by atoms with Crippen molar-refractivity contribution in [1.82, 2.24) is 5.32 Å². The molecule has 0 saturated heterocycles. The molecule has 18 heavy (non-hydrogen) atoms. The maximum Gasteiger partial charge on any atom is 0.255 e. The van der Waals surface area contributed by atoms with Crippen LogP contribution in [0, 0.1) is 5.41 Å². The van der Waals surface area contributed by atoms with E-state index in [1.165, 1.54) is 19.2 Å². The second kappa shape index (κ2) is 4.86. The predicted molar refractivity (Wildman–Crippen MR) is 67.7 cm³/mol. The average molecular weight is 250 g/mol. The van der Waals surface area contributed by atoms with Gasteiger partial charge in [-0.25, -0.2) is 0 Å². The molecule has 0 heterocycles. The van der Waals surface area contributed by atoms with Gasteiger partial charge < -0.3 is 20.9 Å². The quantitative estimate of drug-likeness (QED) is 0.724. The molecule has 0 bridgehead atoms. The van der Waals surface area contributed by atoms with Gasteiger partial charge in [-0.15, -0.1) is 0 Å². The Morgan fingerprint density at radius 2 is 2.28 bits per heavy atom. The predicted octanol–water partition coefficient (Wildman–Crippen LogP) is 0.869. The van der Waals surface area contributed by atoms with Crippen LogP contribution in [-0.2, 0) is 0 Å². The molecule has 1 aromatic rings. The van der Waals surface area contributed by atoms with Crippen LogP contribution in [0.15, 0.2) is 18.2 Å². The summed E-state index contributed by atoms with van der Waals surface area (Å²) in [6.07, 6.45) is 2.10.